The summed E-state index contributed by atoms with van der Waals surface area (Å²) in [7, 11) is -1.91. The second-order valence-corrected chi connectivity index (χ2v) is 6.45. The zero-order chi connectivity index (χ0) is 11.6. The van der Waals surface area contributed by atoms with Crippen molar-refractivity contribution in [1.29, 1.82) is 0 Å². The smallest absolute Gasteiger partial charge is 0.244 e. The van der Waals surface area contributed by atoms with Crippen LogP contribution in [-0.2, 0) is 16.6 Å². The van der Waals surface area contributed by atoms with E-state index < -0.39 is 10.0 Å². The average Bonchev–Trinajstić information content (AvgIpc) is 2.64. The molecule has 0 aliphatic heterocycles. The monoisotopic (exact) mass is 249 g/mol. The lowest BCUT2D eigenvalue weighted by Gasteiger charge is -2.20. The molecule has 1 N–H and O–H groups in total. The Hall–Kier alpha value is -0.430. The summed E-state index contributed by atoms with van der Waals surface area (Å²) in [5.74, 6) is 0. The quantitative estimate of drug-likeness (QED) is 0.874. The number of hydrogen-bond donors (Lipinski definition) is 1. The van der Waals surface area contributed by atoms with E-state index in [4.69, 9.17) is 5.11 Å². The Morgan fingerprint density at radius 1 is 1.53 bits per heavy atom. The lowest BCUT2D eigenvalue weighted by atomic mass is 10.4. The molecule has 0 saturated carbocycles. The van der Waals surface area contributed by atoms with E-state index in [2.05, 4.69) is 0 Å². The van der Waals surface area contributed by atoms with Crippen molar-refractivity contribution in [3.05, 3.63) is 16.3 Å². The molecule has 0 bridgehead atoms. The van der Waals surface area contributed by atoms with Gasteiger partial charge in [-0.2, -0.15) is 4.31 Å². The van der Waals surface area contributed by atoms with Gasteiger partial charge in [-0.15, -0.1) is 11.3 Å². The minimum Gasteiger partial charge on any atom is -0.391 e. The van der Waals surface area contributed by atoms with Crippen molar-refractivity contribution in [2.75, 3.05) is 7.05 Å². The summed E-state index contributed by atoms with van der Waals surface area (Å²) in [4.78, 5) is 0.703. The van der Waals surface area contributed by atoms with Gasteiger partial charge in [-0.05, 0) is 25.3 Å². The van der Waals surface area contributed by atoms with Gasteiger partial charge >= 0.3 is 0 Å². The molecular weight excluding hydrogens is 234 g/mol. The zero-order valence-electron chi connectivity index (χ0n) is 8.97. The van der Waals surface area contributed by atoms with Crippen LogP contribution in [0, 0.1) is 0 Å². The van der Waals surface area contributed by atoms with E-state index in [9.17, 15) is 8.42 Å². The molecule has 1 heterocycles. The average molecular weight is 249 g/mol. The summed E-state index contributed by atoms with van der Waals surface area (Å²) in [5.41, 5.74) is 0. The highest BCUT2D eigenvalue weighted by Gasteiger charge is 2.26. The Labute approximate surface area is 94.2 Å². The van der Waals surface area contributed by atoms with Crippen molar-refractivity contribution in [3.63, 3.8) is 0 Å². The largest absolute Gasteiger partial charge is 0.391 e. The second kappa shape index (κ2) is 4.61. The van der Waals surface area contributed by atoms with Crippen LogP contribution < -0.4 is 0 Å². The summed E-state index contributed by atoms with van der Waals surface area (Å²) in [6.07, 6.45) is 0. The van der Waals surface area contributed by atoms with E-state index in [1.54, 1.807) is 12.4 Å². The van der Waals surface area contributed by atoms with E-state index in [1.165, 1.54) is 21.7 Å². The normalized spacial score (nSPS) is 12.7. The number of thiophene rings is 1. The number of aliphatic hydroxyl groups excluding tert-OH is 1. The minimum atomic E-state index is -3.45. The molecule has 1 aromatic rings. The van der Waals surface area contributed by atoms with Crippen LogP contribution in [0.15, 0.2) is 16.3 Å². The van der Waals surface area contributed by atoms with Gasteiger partial charge in [0.2, 0.25) is 10.0 Å². The van der Waals surface area contributed by atoms with Gasteiger partial charge in [-0.3, -0.25) is 0 Å². The molecule has 0 aliphatic carbocycles. The molecular formula is C9H15NO3S2. The molecule has 0 amide bonds. The number of nitrogens with zero attached hydrogens (tertiary/aromatic N) is 1. The van der Waals surface area contributed by atoms with Crippen LogP contribution in [0.2, 0.25) is 0 Å². The highest BCUT2D eigenvalue weighted by molar-refractivity contribution is 7.89. The van der Waals surface area contributed by atoms with Crippen LogP contribution in [0.5, 0.6) is 0 Å². The molecule has 15 heavy (non-hydrogen) atoms. The predicted molar refractivity (Wildman–Crippen MR) is 60.3 cm³/mol. The first kappa shape index (κ1) is 12.6. The molecule has 0 aromatic carbocycles. The third kappa shape index (κ3) is 2.39. The SMILES string of the molecule is CC(C)N(C)S(=O)(=O)c1ccsc1CO. The lowest BCUT2D eigenvalue weighted by Crippen LogP contribution is -2.33. The van der Waals surface area contributed by atoms with Crippen molar-refractivity contribution in [2.24, 2.45) is 0 Å². The van der Waals surface area contributed by atoms with Gasteiger partial charge in [0.15, 0.2) is 0 Å². The van der Waals surface area contributed by atoms with Gasteiger partial charge in [0.25, 0.3) is 0 Å². The minimum absolute atomic E-state index is 0.0959. The summed E-state index contributed by atoms with van der Waals surface area (Å²) < 4.78 is 25.4. The first-order valence-electron chi connectivity index (χ1n) is 4.56. The van der Waals surface area contributed by atoms with Crippen LogP contribution in [0.25, 0.3) is 0 Å². The highest BCUT2D eigenvalue weighted by atomic mass is 32.2. The van der Waals surface area contributed by atoms with Gasteiger partial charge in [0.1, 0.15) is 0 Å². The molecule has 0 radical (unpaired) electrons. The molecule has 0 aliphatic rings. The van der Waals surface area contributed by atoms with Crippen LogP contribution in [0.3, 0.4) is 0 Å². The van der Waals surface area contributed by atoms with E-state index in [1.807, 2.05) is 13.8 Å². The maximum Gasteiger partial charge on any atom is 0.244 e. The van der Waals surface area contributed by atoms with E-state index in [0.717, 1.165) is 0 Å². The molecule has 0 unspecified atom stereocenters. The lowest BCUT2D eigenvalue weighted by molar-refractivity contribution is 0.282. The van der Waals surface area contributed by atoms with E-state index in [-0.39, 0.29) is 17.5 Å². The fraction of sp³-hybridized carbons (Fsp3) is 0.556. The Morgan fingerprint density at radius 3 is 2.60 bits per heavy atom. The highest BCUT2D eigenvalue weighted by Crippen LogP contribution is 2.25. The number of hydrogen-bond acceptors (Lipinski definition) is 4. The molecule has 1 aromatic heterocycles. The van der Waals surface area contributed by atoms with Gasteiger partial charge in [0, 0.05) is 18.0 Å². The van der Waals surface area contributed by atoms with Crippen LogP contribution in [-0.4, -0.2) is 30.9 Å². The third-order valence-corrected chi connectivity index (χ3v) is 5.39. The Bertz CT molecular complexity index is 422. The second-order valence-electron chi connectivity index (χ2n) is 3.48. The molecule has 6 heteroatoms. The van der Waals surface area contributed by atoms with Gasteiger partial charge in [-0.1, -0.05) is 0 Å². The number of aliphatic hydroxyl groups is 1. The van der Waals surface area contributed by atoms with Gasteiger partial charge < -0.3 is 5.11 Å². The molecule has 86 valence electrons. The van der Waals surface area contributed by atoms with Gasteiger partial charge in [0.05, 0.1) is 11.5 Å². The molecule has 4 nitrogen and oxygen atoms in total. The Morgan fingerprint density at radius 2 is 2.13 bits per heavy atom. The summed E-state index contributed by atoms with van der Waals surface area (Å²) >= 11 is 1.25. The molecule has 0 spiro atoms. The molecule has 0 atom stereocenters. The standard InChI is InChI=1S/C9H15NO3S2/c1-7(2)10(3)15(12,13)9-4-5-14-8(9)6-11/h4-5,7,11H,6H2,1-3H3. The van der Waals surface area contributed by atoms with Crippen LogP contribution >= 0.6 is 11.3 Å². The van der Waals surface area contributed by atoms with Crippen molar-refractivity contribution in [2.45, 2.75) is 31.4 Å². The van der Waals surface area contributed by atoms with Crippen LogP contribution in [0.1, 0.15) is 18.7 Å². The van der Waals surface area contributed by atoms with Gasteiger partial charge in [-0.25, -0.2) is 8.42 Å². The topological polar surface area (TPSA) is 57.6 Å². The van der Waals surface area contributed by atoms with Crippen molar-refractivity contribution in [3.8, 4) is 0 Å². The zero-order valence-corrected chi connectivity index (χ0v) is 10.6. The number of rotatable bonds is 4. The van der Waals surface area contributed by atoms with Crippen LogP contribution in [0.4, 0.5) is 0 Å². The first-order chi connectivity index (χ1) is 6.91. The summed E-state index contributed by atoms with van der Waals surface area (Å²) in [5, 5.41) is 10.7. The molecule has 0 saturated heterocycles. The third-order valence-electron chi connectivity index (χ3n) is 2.23. The Balaban J connectivity index is 3.17. The van der Waals surface area contributed by atoms with Crippen molar-refractivity contribution >= 4 is 21.4 Å². The summed E-state index contributed by atoms with van der Waals surface area (Å²) in [6.45, 7) is 3.38. The Kier molecular flexibility index (Phi) is 3.88. The summed E-state index contributed by atoms with van der Waals surface area (Å²) in [6, 6.07) is 1.44. The van der Waals surface area contributed by atoms with Crippen molar-refractivity contribution in [1.82, 2.24) is 4.31 Å². The fourth-order valence-electron chi connectivity index (χ4n) is 1.11. The van der Waals surface area contributed by atoms with E-state index in [0.29, 0.717) is 4.88 Å². The maximum atomic E-state index is 12.0. The van der Waals surface area contributed by atoms with Crippen molar-refractivity contribution < 1.29 is 13.5 Å². The molecule has 0 fully saturated rings. The predicted octanol–water partition coefficient (Wildman–Crippen LogP) is 1.27. The maximum absolute atomic E-state index is 12.0. The fourth-order valence-corrected chi connectivity index (χ4v) is 3.74. The molecule has 1 rings (SSSR count). The van der Waals surface area contributed by atoms with E-state index >= 15 is 0 Å². The number of sulfonamides is 1. The first-order valence-corrected chi connectivity index (χ1v) is 6.88.